The van der Waals surface area contributed by atoms with E-state index in [1.165, 1.54) is 6.92 Å². The van der Waals surface area contributed by atoms with Gasteiger partial charge in [0.25, 0.3) is 0 Å². The van der Waals surface area contributed by atoms with Crippen LogP contribution in [-0.4, -0.2) is 27.0 Å². The Morgan fingerprint density at radius 3 is 2.19 bits per heavy atom. The Bertz CT molecular complexity index is 231. The molecule has 0 amide bonds. The van der Waals surface area contributed by atoms with Crippen LogP contribution in [0.5, 0.6) is 0 Å². The molecule has 0 aliphatic heterocycles. The van der Waals surface area contributed by atoms with Crippen molar-refractivity contribution in [1.82, 2.24) is 0 Å². The van der Waals surface area contributed by atoms with Gasteiger partial charge in [0.2, 0.25) is 0 Å². The molecule has 4 heteroatoms. The van der Waals surface area contributed by atoms with Crippen LogP contribution in [0, 0.1) is 0 Å². The largest absolute Gasteiger partial charge is 0.463 e. The molecule has 0 aromatic rings. The molecule has 0 N–H and O–H groups in total. The third kappa shape index (κ3) is 5.65. The van der Waals surface area contributed by atoms with Crippen molar-refractivity contribution < 1.29 is 14.0 Å². The summed E-state index contributed by atoms with van der Waals surface area (Å²) in [6, 6.07) is 0. The number of ether oxygens (including phenoxy) is 1. The Labute approximate surface area is 101 Å². The molecule has 0 fully saturated rings. The molecule has 96 valence electrons. The molecule has 0 spiro atoms. The number of carbonyl (C=O) groups excluding carboxylic acids is 1. The highest BCUT2D eigenvalue weighted by atomic mass is 28.4. The second-order valence-corrected chi connectivity index (χ2v) is 10.6. The summed E-state index contributed by atoms with van der Waals surface area (Å²) in [4.78, 5) is 10.7. The Kier molecular flexibility index (Phi) is 5.69. The zero-order chi connectivity index (χ0) is 13.0. The van der Waals surface area contributed by atoms with Crippen LogP contribution in [0.15, 0.2) is 0 Å². The lowest BCUT2D eigenvalue weighted by Crippen LogP contribution is -2.41. The summed E-state index contributed by atoms with van der Waals surface area (Å²) in [5, 5.41) is 0.234. The van der Waals surface area contributed by atoms with Crippen molar-refractivity contribution in [3.05, 3.63) is 0 Å². The Morgan fingerprint density at radius 1 is 1.31 bits per heavy atom. The molecule has 0 saturated carbocycles. The van der Waals surface area contributed by atoms with Crippen LogP contribution in [0.4, 0.5) is 0 Å². The maximum absolute atomic E-state index is 10.7. The lowest BCUT2D eigenvalue weighted by molar-refractivity contribution is -0.145. The summed E-state index contributed by atoms with van der Waals surface area (Å²) in [6.45, 7) is 15.1. The van der Waals surface area contributed by atoms with E-state index < -0.39 is 8.32 Å². The standard InChI is InChI=1S/C12H26O3Si/c1-10(15-11(2)13)8-9-14-16(6,7)12(3,4)5/h10H,8-9H2,1-7H3. The molecule has 0 aromatic heterocycles. The van der Waals surface area contributed by atoms with Crippen molar-refractivity contribution in [2.24, 2.45) is 0 Å². The zero-order valence-corrected chi connectivity index (χ0v) is 12.7. The molecule has 0 heterocycles. The normalized spacial score (nSPS) is 14.7. The van der Waals surface area contributed by atoms with Gasteiger partial charge in [0.05, 0.1) is 0 Å². The molecule has 3 nitrogen and oxygen atoms in total. The van der Waals surface area contributed by atoms with Gasteiger partial charge in [-0.2, -0.15) is 0 Å². The topological polar surface area (TPSA) is 35.5 Å². The molecule has 0 rings (SSSR count). The first-order chi connectivity index (χ1) is 7.06. The van der Waals surface area contributed by atoms with E-state index >= 15 is 0 Å². The molecule has 0 aromatic carbocycles. The van der Waals surface area contributed by atoms with E-state index in [9.17, 15) is 4.79 Å². The van der Waals surface area contributed by atoms with Gasteiger partial charge in [-0.25, -0.2) is 0 Å². The van der Waals surface area contributed by atoms with Crippen LogP contribution < -0.4 is 0 Å². The number of hydrogen-bond acceptors (Lipinski definition) is 3. The summed E-state index contributed by atoms with van der Waals surface area (Å²) in [5.41, 5.74) is 0. The summed E-state index contributed by atoms with van der Waals surface area (Å²) < 4.78 is 11.0. The number of carbonyl (C=O) groups is 1. The number of esters is 1. The van der Waals surface area contributed by atoms with Gasteiger partial charge in [-0.15, -0.1) is 0 Å². The van der Waals surface area contributed by atoms with Crippen LogP contribution in [-0.2, 0) is 14.0 Å². The third-order valence-corrected chi connectivity index (χ3v) is 7.70. The van der Waals surface area contributed by atoms with E-state index in [0.717, 1.165) is 6.42 Å². The fourth-order valence-electron chi connectivity index (χ4n) is 1.04. The lowest BCUT2D eigenvalue weighted by Gasteiger charge is -2.36. The first-order valence-corrected chi connectivity index (χ1v) is 8.78. The van der Waals surface area contributed by atoms with Crippen molar-refractivity contribution in [2.45, 2.75) is 65.3 Å². The molecule has 0 aliphatic carbocycles. The van der Waals surface area contributed by atoms with Gasteiger partial charge >= 0.3 is 5.97 Å². The molecular formula is C12H26O3Si. The van der Waals surface area contributed by atoms with Crippen molar-refractivity contribution in [1.29, 1.82) is 0 Å². The molecule has 0 saturated heterocycles. The minimum Gasteiger partial charge on any atom is -0.463 e. The summed E-state index contributed by atoms with van der Waals surface area (Å²) in [5.74, 6) is -0.222. The smallest absolute Gasteiger partial charge is 0.302 e. The SMILES string of the molecule is CC(=O)OC(C)CCO[Si](C)(C)C(C)(C)C. The maximum Gasteiger partial charge on any atom is 0.302 e. The van der Waals surface area contributed by atoms with Gasteiger partial charge in [-0.05, 0) is 25.1 Å². The molecular weight excluding hydrogens is 220 g/mol. The van der Waals surface area contributed by atoms with E-state index in [0.29, 0.717) is 6.61 Å². The molecule has 0 bridgehead atoms. The van der Waals surface area contributed by atoms with Gasteiger partial charge in [-0.1, -0.05) is 20.8 Å². The van der Waals surface area contributed by atoms with E-state index in [-0.39, 0.29) is 17.1 Å². The third-order valence-electron chi connectivity index (χ3n) is 3.16. The van der Waals surface area contributed by atoms with Gasteiger partial charge < -0.3 is 9.16 Å². The average molecular weight is 246 g/mol. The number of rotatable bonds is 5. The monoisotopic (exact) mass is 246 g/mol. The Morgan fingerprint density at radius 2 is 1.81 bits per heavy atom. The van der Waals surface area contributed by atoms with E-state index in [2.05, 4.69) is 33.9 Å². The van der Waals surface area contributed by atoms with Gasteiger partial charge in [-0.3, -0.25) is 4.79 Å². The first kappa shape index (κ1) is 15.6. The first-order valence-electron chi connectivity index (χ1n) is 5.87. The lowest BCUT2D eigenvalue weighted by atomic mass is 10.2. The fraction of sp³-hybridized carbons (Fsp3) is 0.917. The molecule has 0 aliphatic rings. The van der Waals surface area contributed by atoms with Crippen molar-refractivity contribution >= 4 is 14.3 Å². The predicted molar refractivity (Wildman–Crippen MR) is 69.0 cm³/mol. The Balaban J connectivity index is 3.94. The van der Waals surface area contributed by atoms with Crippen LogP contribution in [0.25, 0.3) is 0 Å². The predicted octanol–water partition coefficient (Wildman–Crippen LogP) is 3.35. The van der Waals surface area contributed by atoms with E-state index in [1.54, 1.807) is 0 Å². The minimum atomic E-state index is -1.65. The van der Waals surface area contributed by atoms with Crippen molar-refractivity contribution in [2.75, 3.05) is 6.61 Å². The highest BCUT2D eigenvalue weighted by Gasteiger charge is 2.36. The van der Waals surface area contributed by atoms with Gasteiger partial charge in [0.15, 0.2) is 8.32 Å². The molecule has 16 heavy (non-hydrogen) atoms. The summed E-state index contributed by atoms with van der Waals surface area (Å²) in [6.07, 6.45) is 0.716. The Hall–Kier alpha value is -0.353. The van der Waals surface area contributed by atoms with E-state index in [1.807, 2.05) is 6.92 Å². The van der Waals surface area contributed by atoms with Crippen molar-refractivity contribution in [3.8, 4) is 0 Å². The van der Waals surface area contributed by atoms with Gasteiger partial charge in [0.1, 0.15) is 6.10 Å². The van der Waals surface area contributed by atoms with Gasteiger partial charge in [0, 0.05) is 20.0 Å². The van der Waals surface area contributed by atoms with Crippen LogP contribution >= 0.6 is 0 Å². The highest BCUT2D eigenvalue weighted by Crippen LogP contribution is 2.36. The van der Waals surface area contributed by atoms with Crippen LogP contribution in [0.3, 0.4) is 0 Å². The molecule has 0 radical (unpaired) electrons. The summed E-state index contributed by atoms with van der Waals surface area (Å²) >= 11 is 0. The van der Waals surface area contributed by atoms with Crippen LogP contribution in [0.2, 0.25) is 18.1 Å². The number of hydrogen-bond donors (Lipinski definition) is 0. The van der Waals surface area contributed by atoms with Crippen LogP contribution in [0.1, 0.15) is 41.0 Å². The second-order valence-electron chi connectivity index (χ2n) is 5.82. The second kappa shape index (κ2) is 5.82. The highest BCUT2D eigenvalue weighted by molar-refractivity contribution is 6.74. The zero-order valence-electron chi connectivity index (χ0n) is 11.7. The average Bonchev–Trinajstić information content (AvgIpc) is 1.99. The fourth-order valence-corrected chi connectivity index (χ4v) is 2.10. The molecule has 1 atom stereocenters. The maximum atomic E-state index is 10.7. The summed E-state index contributed by atoms with van der Waals surface area (Å²) in [7, 11) is -1.65. The molecule has 1 unspecified atom stereocenters. The quantitative estimate of drug-likeness (QED) is 0.551. The minimum absolute atomic E-state index is 0.0535. The van der Waals surface area contributed by atoms with E-state index in [4.69, 9.17) is 9.16 Å². The van der Waals surface area contributed by atoms with Crippen molar-refractivity contribution in [3.63, 3.8) is 0 Å².